The van der Waals surface area contributed by atoms with E-state index in [9.17, 15) is 5.11 Å². The molecule has 6 nitrogen and oxygen atoms in total. The summed E-state index contributed by atoms with van der Waals surface area (Å²) in [5, 5.41) is 17.7. The third-order valence-corrected chi connectivity index (χ3v) is 3.34. The number of β-amino-alcohol motifs (C(OH)–C–C–N with tert-alkyl or cyclic N) is 1. The third-order valence-electron chi connectivity index (χ3n) is 3.34. The molecule has 108 valence electrons. The highest BCUT2D eigenvalue weighted by Gasteiger charge is 2.15. The van der Waals surface area contributed by atoms with Gasteiger partial charge in [-0.15, -0.1) is 0 Å². The highest BCUT2D eigenvalue weighted by molar-refractivity contribution is 5.46. The van der Waals surface area contributed by atoms with Crippen molar-refractivity contribution in [1.29, 1.82) is 0 Å². The summed E-state index contributed by atoms with van der Waals surface area (Å²) in [5.74, 6) is 0. The minimum absolute atomic E-state index is 0.372. The van der Waals surface area contributed by atoms with Crippen LogP contribution in [-0.4, -0.2) is 65.3 Å². The van der Waals surface area contributed by atoms with E-state index in [0.29, 0.717) is 13.1 Å². The first-order valence-electron chi connectivity index (χ1n) is 6.93. The van der Waals surface area contributed by atoms with Gasteiger partial charge < -0.3 is 15.2 Å². The van der Waals surface area contributed by atoms with Gasteiger partial charge in [0.2, 0.25) is 0 Å². The Hall–Kier alpha value is -1.11. The molecule has 0 bridgehead atoms. The average Bonchev–Trinajstić information content (AvgIpc) is 2.78. The molecule has 2 rings (SSSR count). The first-order valence-corrected chi connectivity index (χ1v) is 6.93. The van der Waals surface area contributed by atoms with Crippen LogP contribution in [0.15, 0.2) is 6.20 Å². The molecule has 1 atom stereocenters. The molecule has 1 saturated heterocycles. The number of nitrogens with zero attached hydrogens (tertiary/aromatic N) is 3. The first kappa shape index (κ1) is 14.3. The fourth-order valence-corrected chi connectivity index (χ4v) is 2.32. The molecule has 0 aromatic carbocycles. The largest absolute Gasteiger partial charge is 0.390 e. The van der Waals surface area contributed by atoms with Gasteiger partial charge in [-0.25, -0.2) is 0 Å². The quantitative estimate of drug-likeness (QED) is 0.765. The normalized spacial score (nSPS) is 18.5. The second kappa shape index (κ2) is 6.88. The molecular formula is C13H24N4O2. The maximum absolute atomic E-state index is 10.1. The Morgan fingerprint density at radius 3 is 2.89 bits per heavy atom. The second-order valence-electron chi connectivity index (χ2n) is 4.96. The molecule has 0 saturated carbocycles. The van der Waals surface area contributed by atoms with Crippen LogP contribution in [0.1, 0.15) is 12.6 Å². The lowest BCUT2D eigenvalue weighted by molar-refractivity contribution is 0.0171. The maximum atomic E-state index is 10.1. The molecule has 1 aliphatic heterocycles. The van der Waals surface area contributed by atoms with Crippen LogP contribution in [0.2, 0.25) is 0 Å². The van der Waals surface area contributed by atoms with Gasteiger partial charge in [-0.3, -0.25) is 9.58 Å². The summed E-state index contributed by atoms with van der Waals surface area (Å²) in [6, 6.07) is 0. The smallest absolute Gasteiger partial charge is 0.0853 e. The summed E-state index contributed by atoms with van der Waals surface area (Å²) >= 11 is 0. The average molecular weight is 268 g/mol. The minimum atomic E-state index is -0.372. The molecule has 0 aliphatic carbocycles. The van der Waals surface area contributed by atoms with Crippen molar-refractivity contribution in [2.24, 2.45) is 7.05 Å². The molecule has 1 fully saturated rings. The summed E-state index contributed by atoms with van der Waals surface area (Å²) < 4.78 is 7.09. The van der Waals surface area contributed by atoms with Crippen LogP contribution in [0, 0.1) is 0 Å². The van der Waals surface area contributed by atoms with Crippen molar-refractivity contribution in [3.63, 3.8) is 0 Å². The lowest BCUT2D eigenvalue weighted by Gasteiger charge is -2.28. The zero-order valence-electron chi connectivity index (χ0n) is 11.8. The lowest BCUT2D eigenvalue weighted by atomic mass is 10.2. The van der Waals surface area contributed by atoms with Crippen molar-refractivity contribution in [3.05, 3.63) is 11.9 Å². The molecule has 6 heteroatoms. The van der Waals surface area contributed by atoms with Crippen LogP contribution in [-0.2, 0) is 18.2 Å². The van der Waals surface area contributed by atoms with E-state index in [2.05, 4.69) is 22.2 Å². The van der Waals surface area contributed by atoms with E-state index >= 15 is 0 Å². The summed E-state index contributed by atoms with van der Waals surface area (Å²) in [7, 11) is 1.91. The molecule has 19 heavy (non-hydrogen) atoms. The first-order chi connectivity index (χ1) is 9.19. The predicted molar refractivity (Wildman–Crippen MR) is 74.3 cm³/mol. The van der Waals surface area contributed by atoms with Crippen molar-refractivity contribution in [3.8, 4) is 0 Å². The zero-order valence-corrected chi connectivity index (χ0v) is 11.8. The fraction of sp³-hybridized carbons (Fsp3) is 0.769. The van der Waals surface area contributed by atoms with Gasteiger partial charge in [0.25, 0.3) is 0 Å². The zero-order chi connectivity index (χ0) is 13.7. The maximum Gasteiger partial charge on any atom is 0.0853 e. The Morgan fingerprint density at radius 1 is 1.47 bits per heavy atom. The molecule has 1 unspecified atom stereocenters. The van der Waals surface area contributed by atoms with Crippen LogP contribution in [0.3, 0.4) is 0 Å². The highest BCUT2D eigenvalue weighted by Crippen LogP contribution is 2.13. The predicted octanol–water partition coefficient (Wildman–Crippen LogP) is 0.0875. The summed E-state index contributed by atoms with van der Waals surface area (Å²) in [4.78, 5) is 2.24. The van der Waals surface area contributed by atoms with Crippen LogP contribution < -0.4 is 5.32 Å². The van der Waals surface area contributed by atoms with Gasteiger partial charge in [-0.2, -0.15) is 5.10 Å². The van der Waals surface area contributed by atoms with Crippen LogP contribution in [0.5, 0.6) is 0 Å². The Labute approximate surface area is 114 Å². The molecule has 0 amide bonds. The minimum Gasteiger partial charge on any atom is -0.390 e. The number of rotatable bonds is 6. The number of nitrogens with one attached hydrogen (secondary N) is 1. The molecule has 2 heterocycles. The Bertz CT molecular complexity index is 388. The number of anilines is 1. The van der Waals surface area contributed by atoms with Crippen molar-refractivity contribution < 1.29 is 9.84 Å². The summed E-state index contributed by atoms with van der Waals surface area (Å²) in [6.07, 6.45) is 2.48. The van der Waals surface area contributed by atoms with Crippen LogP contribution >= 0.6 is 0 Å². The van der Waals surface area contributed by atoms with Crippen LogP contribution in [0.4, 0.5) is 5.69 Å². The summed E-state index contributed by atoms with van der Waals surface area (Å²) in [6.45, 7) is 6.67. The van der Waals surface area contributed by atoms with E-state index in [1.807, 2.05) is 13.2 Å². The van der Waals surface area contributed by atoms with E-state index in [1.54, 1.807) is 4.68 Å². The van der Waals surface area contributed by atoms with Gasteiger partial charge in [-0.1, -0.05) is 6.92 Å². The van der Waals surface area contributed by atoms with Crippen molar-refractivity contribution in [1.82, 2.24) is 14.7 Å². The van der Waals surface area contributed by atoms with Crippen molar-refractivity contribution in [2.45, 2.75) is 19.4 Å². The van der Waals surface area contributed by atoms with Crippen molar-refractivity contribution >= 4 is 5.69 Å². The number of morpholine rings is 1. The number of aryl methyl sites for hydroxylation is 2. The fourth-order valence-electron chi connectivity index (χ4n) is 2.32. The van der Waals surface area contributed by atoms with Gasteiger partial charge in [0.15, 0.2) is 0 Å². The summed E-state index contributed by atoms with van der Waals surface area (Å²) in [5.41, 5.74) is 2.06. The number of aliphatic hydroxyl groups is 1. The monoisotopic (exact) mass is 268 g/mol. The SMILES string of the molecule is CCc1nn(C)cc1NCC(O)CN1CCOCC1. The second-order valence-corrected chi connectivity index (χ2v) is 4.96. The lowest BCUT2D eigenvalue weighted by Crippen LogP contribution is -2.42. The molecule has 1 aromatic rings. The molecular weight excluding hydrogens is 244 g/mol. The van der Waals surface area contributed by atoms with E-state index in [0.717, 1.165) is 44.1 Å². The van der Waals surface area contributed by atoms with E-state index < -0.39 is 0 Å². The van der Waals surface area contributed by atoms with Crippen molar-refractivity contribution in [2.75, 3.05) is 44.7 Å². The van der Waals surface area contributed by atoms with Gasteiger partial charge in [0.1, 0.15) is 0 Å². The molecule has 0 radical (unpaired) electrons. The Kier molecular flexibility index (Phi) is 5.18. The standard InChI is InChI=1S/C13H24N4O2/c1-3-12-13(10-16(2)15-12)14-8-11(18)9-17-4-6-19-7-5-17/h10-11,14,18H,3-9H2,1-2H3. The Balaban J connectivity index is 1.77. The number of aromatic nitrogens is 2. The molecule has 0 spiro atoms. The molecule has 1 aromatic heterocycles. The van der Waals surface area contributed by atoms with Gasteiger partial charge in [-0.05, 0) is 6.42 Å². The highest BCUT2D eigenvalue weighted by atomic mass is 16.5. The topological polar surface area (TPSA) is 62.5 Å². The number of aliphatic hydroxyl groups excluding tert-OH is 1. The number of hydrogen-bond acceptors (Lipinski definition) is 5. The van der Waals surface area contributed by atoms with E-state index in [1.165, 1.54) is 0 Å². The number of hydrogen-bond donors (Lipinski definition) is 2. The molecule has 2 N–H and O–H groups in total. The number of ether oxygens (including phenoxy) is 1. The van der Waals surface area contributed by atoms with Gasteiger partial charge in [0, 0.05) is 39.4 Å². The molecule has 1 aliphatic rings. The van der Waals surface area contributed by atoms with E-state index in [4.69, 9.17) is 4.74 Å². The van der Waals surface area contributed by atoms with Crippen LogP contribution in [0.25, 0.3) is 0 Å². The van der Waals surface area contributed by atoms with Gasteiger partial charge in [0.05, 0.1) is 30.7 Å². The Morgan fingerprint density at radius 2 is 2.21 bits per heavy atom. The van der Waals surface area contributed by atoms with Gasteiger partial charge >= 0.3 is 0 Å². The third kappa shape index (κ3) is 4.19. The van der Waals surface area contributed by atoms with E-state index in [-0.39, 0.29) is 6.10 Å².